The fourth-order valence-corrected chi connectivity index (χ4v) is 9.27. The number of hydrogen-bond donors (Lipinski definition) is 13. The number of thioether (sulfide) groups is 1. The monoisotopic (exact) mass is 1060 g/mol. The Labute approximate surface area is 423 Å². The van der Waals surface area contributed by atoms with Crippen molar-refractivity contribution < 1.29 is 113 Å². The molecule has 420 valence electrons. The van der Waals surface area contributed by atoms with Gasteiger partial charge < -0.3 is 115 Å². The number of carbonyl (C=O) groups excluding carboxylic acids is 4. The minimum atomic E-state index is -2.13. The van der Waals surface area contributed by atoms with Crippen molar-refractivity contribution in [2.75, 3.05) is 85.1 Å². The summed E-state index contributed by atoms with van der Waals surface area (Å²) in [5.74, 6) is -4.10. The predicted molar refractivity (Wildman–Crippen MR) is 250 cm³/mol. The highest BCUT2D eigenvalue weighted by molar-refractivity contribution is 7.99. The van der Waals surface area contributed by atoms with Crippen LogP contribution in [-0.4, -0.2) is 265 Å². The second kappa shape index (κ2) is 31.4. The average Bonchev–Trinajstić information content (AvgIpc) is 3.32. The Kier molecular flexibility index (Phi) is 27.7. The molecule has 72 heavy (non-hydrogen) atoms. The van der Waals surface area contributed by atoms with E-state index in [1.807, 2.05) is 27.7 Å². The summed E-state index contributed by atoms with van der Waals surface area (Å²) in [5.41, 5.74) is 0. The van der Waals surface area contributed by atoms with Gasteiger partial charge in [0.2, 0.25) is 17.7 Å². The third-order valence-corrected chi connectivity index (χ3v) is 13.0. The first-order valence-corrected chi connectivity index (χ1v) is 25.0. The lowest BCUT2D eigenvalue weighted by atomic mass is 9.88. The molecule has 3 saturated heterocycles. The molecule has 0 aliphatic carbocycles. The van der Waals surface area contributed by atoms with Gasteiger partial charge >= 0.3 is 6.09 Å². The first-order chi connectivity index (χ1) is 34.1. The van der Waals surface area contributed by atoms with Crippen molar-refractivity contribution in [3.63, 3.8) is 0 Å². The normalized spacial score (nSPS) is 32.2. The molecule has 3 heterocycles. The number of methoxy groups -OCH3 is 2. The van der Waals surface area contributed by atoms with Crippen molar-refractivity contribution in [3.8, 4) is 0 Å². The molecule has 27 nitrogen and oxygen atoms in total. The standard InChI is InChI=1S/C44H80N4O23S/c1-21(2)36(22(3)4)68-41-31(46-23(5)52)37(33(57)27(18-50)66-41)69-42-35(59)39(34(58)28(19-51)67-42)71-44(6)15-25(53)30(38(70-44)32(56)26(54)17-49)48-29(55)16-45-40(60)24(47-43(61)65-12-10-63-8)20-72-14-13-64-11-9-62-7/h21-22,24-28,30-39,41-42,49-51,53-54,56-59H,9-20H2,1-8H3,(H,45,60)(H,46,52)(H,47,61)(H,48,55)/t24?,25-,26+,27?,28?,30+,31?,32+,33-,34-,35?,37+,38?,39-,41-,42-,44+/m0/s1. The lowest BCUT2D eigenvalue weighted by Crippen LogP contribution is -2.70. The molecule has 17 atom stereocenters. The maximum Gasteiger partial charge on any atom is 0.407 e. The van der Waals surface area contributed by atoms with E-state index in [1.165, 1.54) is 39.8 Å². The Morgan fingerprint density at radius 3 is 1.99 bits per heavy atom. The number of rotatable bonds is 30. The number of nitrogens with one attached hydrogen (secondary N) is 4. The molecule has 0 aromatic carbocycles. The summed E-state index contributed by atoms with van der Waals surface area (Å²) >= 11 is 1.26. The third kappa shape index (κ3) is 18.8. The Morgan fingerprint density at radius 1 is 0.792 bits per heavy atom. The average molecular weight is 1070 g/mol. The summed E-state index contributed by atoms with van der Waals surface area (Å²) < 4.78 is 56.7. The van der Waals surface area contributed by atoms with Crippen molar-refractivity contribution in [2.24, 2.45) is 11.8 Å². The zero-order valence-electron chi connectivity index (χ0n) is 42.1. The number of aliphatic hydroxyl groups is 9. The zero-order valence-corrected chi connectivity index (χ0v) is 42.9. The summed E-state index contributed by atoms with van der Waals surface area (Å²) in [6.07, 6.45) is -24.5. The molecule has 0 aromatic rings. The number of carbonyl (C=O) groups is 4. The van der Waals surface area contributed by atoms with Gasteiger partial charge in [0, 0.05) is 39.1 Å². The molecule has 28 heteroatoms. The van der Waals surface area contributed by atoms with E-state index in [1.54, 1.807) is 0 Å². The van der Waals surface area contributed by atoms with E-state index in [0.29, 0.717) is 25.6 Å². The number of alkyl carbamates (subject to hydrolysis) is 1. The van der Waals surface area contributed by atoms with Gasteiger partial charge in [-0.1, -0.05) is 27.7 Å². The molecule has 4 amide bonds. The van der Waals surface area contributed by atoms with Crippen LogP contribution in [0.25, 0.3) is 0 Å². The molecule has 0 aromatic heterocycles. The van der Waals surface area contributed by atoms with Crippen LogP contribution < -0.4 is 21.3 Å². The highest BCUT2D eigenvalue weighted by Gasteiger charge is 2.56. The SMILES string of the molecule is COCCOCCSCC(NC(=O)OCCOC)C(=O)NCC(=O)N[C@H]1C([C@H](O)[C@H](O)CO)O[C@](C)(O[C@@H]2C(O)[C@H](O[C@@H]3C(NC(C)=O)[C@H](OC(C(C)C)C(C)C)OC(CO)[C@@H]3O)OC(CO)[C@@H]2O)C[C@@H]1O. The fourth-order valence-electron chi connectivity index (χ4n) is 8.39. The quantitative estimate of drug-likeness (QED) is 0.0299. The first-order valence-electron chi connectivity index (χ1n) is 23.9. The number of ether oxygens (including phenoxy) is 10. The summed E-state index contributed by atoms with van der Waals surface area (Å²) in [7, 11) is 2.94. The molecular formula is C44H80N4O23S. The number of amides is 4. The van der Waals surface area contributed by atoms with Gasteiger partial charge in [0.25, 0.3) is 0 Å². The molecule has 3 aliphatic heterocycles. The van der Waals surface area contributed by atoms with E-state index in [0.717, 1.165) is 0 Å². The van der Waals surface area contributed by atoms with Crippen LogP contribution >= 0.6 is 11.8 Å². The topological polar surface area (TPSA) is 391 Å². The van der Waals surface area contributed by atoms with Crippen LogP contribution in [0.4, 0.5) is 4.79 Å². The smallest absolute Gasteiger partial charge is 0.407 e. The molecule has 0 saturated carbocycles. The molecule has 3 aliphatic rings. The van der Waals surface area contributed by atoms with Crippen LogP contribution in [0.1, 0.15) is 48.0 Å². The summed E-state index contributed by atoms with van der Waals surface area (Å²) in [6, 6.07) is -4.07. The van der Waals surface area contributed by atoms with E-state index in [-0.39, 0.29) is 30.8 Å². The van der Waals surface area contributed by atoms with Crippen LogP contribution in [0.3, 0.4) is 0 Å². The minimum Gasteiger partial charge on any atom is -0.447 e. The third-order valence-electron chi connectivity index (χ3n) is 11.9. The summed E-state index contributed by atoms with van der Waals surface area (Å²) in [5, 5.41) is 108. The number of hydrogen-bond acceptors (Lipinski definition) is 24. The van der Waals surface area contributed by atoms with E-state index in [9.17, 15) is 65.1 Å². The van der Waals surface area contributed by atoms with E-state index >= 15 is 0 Å². The Morgan fingerprint density at radius 2 is 1.40 bits per heavy atom. The van der Waals surface area contributed by atoms with Gasteiger partial charge in [-0.05, 0) is 18.8 Å². The summed E-state index contributed by atoms with van der Waals surface area (Å²) in [6.45, 7) is 7.71. The van der Waals surface area contributed by atoms with Crippen LogP contribution in [-0.2, 0) is 61.8 Å². The van der Waals surface area contributed by atoms with E-state index in [2.05, 4.69) is 21.3 Å². The van der Waals surface area contributed by atoms with Gasteiger partial charge in [0.1, 0.15) is 79.7 Å². The maximum atomic E-state index is 13.4. The van der Waals surface area contributed by atoms with Gasteiger partial charge in [0.05, 0.1) is 71.0 Å². The number of aliphatic hydroxyl groups excluding tert-OH is 9. The second-order valence-electron chi connectivity index (χ2n) is 18.5. The van der Waals surface area contributed by atoms with Gasteiger partial charge in [-0.2, -0.15) is 11.8 Å². The first kappa shape index (κ1) is 63.6. The van der Waals surface area contributed by atoms with Gasteiger partial charge in [-0.25, -0.2) is 4.79 Å². The Balaban J connectivity index is 1.84. The minimum absolute atomic E-state index is 0.0376. The molecular weight excluding hydrogens is 985 g/mol. The lowest BCUT2D eigenvalue weighted by molar-refractivity contribution is -0.385. The predicted octanol–water partition coefficient (Wildman–Crippen LogP) is -5.21. The summed E-state index contributed by atoms with van der Waals surface area (Å²) in [4.78, 5) is 51.8. The Hall–Kier alpha value is -2.69. The van der Waals surface area contributed by atoms with Gasteiger partial charge in [-0.15, -0.1) is 0 Å². The van der Waals surface area contributed by atoms with E-state index < -0.39 is 166 Å². The highest BCUT2D eigenvalue weighted by atomic mass is 32.2. The molecule has 6 unspecified atom stereocenters. The zero-order chi connectivity index (χ0) is 53.9. The largest absolute Gasteiger partial charge is 0.447 e. The van der Waals surface area contributed by atoms with Crippen molar-refractivity contribution in [2.45, 2.75) is 158 Å². The molecule has 13 N–H and O–H groups in total. The second-order valence-corrected chi connectivity index (χ2v) is 19.6. The van der Waals surface area contributed by atoms with Crippen LogP contribution in [0, 0.1) is 11.8 Å². The van der Waals surface area contributed by atoms with Crippen molar-refractivity contribution in [1.29, 1.82) is 0 Å². The molecule has 0 bridgehead atoms. The van der Waals surface area contributed by atoms with Crippen LogP contribution in [0.2, 0.25) is 0 Å². The van der Waals surface area contributed by atoms with Crippen LogP contribution in [0.15, 0.2) is 0 Å². The maximum absolute atomic E-state index is 13.4. The van der Waals surface area contributed by atoms with Gasteiger partial charge in [0.15, 0.2) is 18.4 Å². The fraction of sp³-hybridized carbons (Fsp3) is 0.909. The highest BCUT2D eigenvalue weighted by Crippen LogP contribution is 2.38. The van der Waals surface area contributed by atoms with E-state index in [4.69, 9.17) is 47.4 Å². The van der Waals surface area contributed by atoms with Crippen molar-refractivity contribution in [1.82, 2.24) is 21.3 Å². The molecule has 3 fully saturated rings. The molecule has 0 radical (unpaired) electrons. The van der Waals surface area contributed by atoms with Crippen molar-refractivity contribution >= 4 is 35.6 Å². The van der Waals surface area contributed by atoms with Crippen molar-refractivity contribution in [3.05, 3.63) is 0 Å². The van der Waals surface area contributed by atoms with Gasteiger partial charge in [-0.3, -0.25) is 14.4 Å². The molecule has 3 rings (SSSR count). The lowest BCUT2D eigenvalue weighted by Gasteiger charge is -2.51. The molecule has 0 spiro atoms. The van der Waals surface area contributed by atoms with Crippen LogP contribution in [0.5, 0.6) is 0 Å². The Bertz CT molecular complexity index is 1620.